The molecule has 0 amide bonds. The maximum atomic E-state index is 12.3. The average Bonchev–Trinajstić information content (AvgIpc) is 2.05. The van der Waals surface area contributed by atoms with Crippen molar-refractivity contribution in [1.82, 2.24) is 4.98 Å². The fourth-order valence-corrected chi connectivity index (χ4v) is 0.616. The Labute approximate surface area is 66.1 Å². The van der Waals surface area contributed by atoms with Crippen LogP contribution in [-0.4, -0.2) is 11.0 Å². The van der Waals surface area contributed by atoms with E-state index >= 15 is 0 Å². The normalized spacial score (nSPS) is 9.08. The molecule has 0 aliphatic heterocycles. The Morgan fingerprint density at radius 2 is 2.42 bits per heavy atom. The van der Waals surface area contributed by atoms with E-state index in [-0.39, 0.29) is 5.56 Å². The highest BCUT2D eigenvalue weighted by Crippen LogP contribution is 2.02. The van der Waals surface area contributed by atoms with Gasteiger partial charge in [0, 0.05) is 12.3 Å². The number of hydrogen-bond donors (Lipinski definition) is 0. The molecule has 0 unspecified atom stereocenters. The molecule has 0 aromatic carbocycles. The third-order valence-corrected chi connectivity index (χ3v) is 1.08. The van der Waals surface area contributed by atoms with E-state index < -0.39 is 11.9 Å². The SMILES string of the molecule is O=NOC(=O)c1ccnc(F)c1. The summed E-state index contributed by atoms with van der Waals surface area (Å²) in [7, 11) is 0. The van der Waals surface area contributed by atoms with Crippen LogP contribution in [0.1, 0.15) is 10.4 Å². The van der Waals surface area contributed by atoms with E-state index in [0.29, 0.717) is 0 Å². The van der Waals surface area contributed by atoms with E-state index in [1.165, 1.54) is 6.07 Å². The molecule has 6 heteroatoms. The summed E-state index contributed by atoms with van der Waals surface area (Å²) in [5.74, 6) is -1.83. The van der Waals surface area contributed by atoms with Gasteiger partial charge in [-0.25, -0.2) is 9.78 Å². The molecule has 0 saturated carbocycles. The molecule has 0 N–H and O–H groups in total. The lowest BCUT2D eigenvalue weighted by atomic mass is 10.3. The molecule has 1 rings (SSSR count). The summed E-state index contributed by atoms with van der Waals surface area (Å²) in [6.07, 6.45) is 1.08. The van der Waals surface area contributed by atoms with Crippen molar-refractivity contribution in [3.63, 3.8) is 0 Å². The second-order valence-corrected chi connectivity index (χ2v) is 1.82. The minimum atomic E-state index is -1.01. The van der Waals surface area contributed by atoms with Crippen LogP contribution in [0.5, 0.6) is 0 Å². The molecule has 0 aliphatic rings. The third-order valence-electron chi connectivity index (χ3n) is 1.08. The monoisotopic (exact) mass is 170 g/mol. The number of rotatable bonds is 2. The van der Waals surface area contributed by atoms with Crippen molar-refractivity contribution in [3.05, 3.63) is 34.7 Å². The highest BCUT2D eigenvalue weighted by atomic mass is 19.1. The highest BCUT2D eigenvalue weighted by molar-refractivity contribution is 5.88. The maximum Gasteiger partial charge on any atom is 0.369 e. The first kappa shape index (κ1) is 8.25. The van der Waals surface area contributed by atoms with Crippen molar-refractivity contribution in [2.45, 2.75) is 0 Å². The van der Waals surface area contributed by atoms with Gasteiger partial charge in [-0.1, -0.05) is 0 Å². The lowest BCUT2D eigenvalue weighted by Gasteiger charge is -1.93. The molecule has 0 fully saturated rings. The summed E-state index contributed by atoms with van der Waals surface area (Å²) in [4.78, 5) is 27.1. The largest absolute Gasteiger partial charge is 0.369 e. The standard InChI is InChI=1S/C6H3FN2O3/c7-5-3-4(1-2-8-5)6(10)12-9-11/h1-3H. The van der Waals surface area contributed by atoms with Crippen LogP contribution in [0.4, 0.5) is 4.39 Å². The number of aromatic nitrogens is 1. The zero-order chi connectivity index (χ0) is 8.97. The topological polar surface area (TPSA) is 68.6 Å². The second kappa shape index (κ2) is 3.51. The van der Waals surface area contributed by atoms with Crippen LogP contribution in [0, 0.1) is 10.9 Å². The summed E-state index contributed by atoms with van der Waals surface area (Å²) in [5.41, 5.74) is -0.109. The Bertz CT molecular complexity index is 315. The van der Waals surface area contributed by atoms with Crippen molar-refractivity contribution in [3.8, 4) is 0 Å². The lowest BCUT2D eigenvalue weighted by Crippen LogP contribution is -2.01. The number of nitrogens with zero attached hydrogens (tertiary/aromatic N) is 2. The molecule has 0 spiro atoms. The Morgan fingerprint density at radius 1 is 1.67 bits per heavy atom. The van der Waals surface area contributed by atoms with Crippen LogP contribution in [0.2, 0.25) is 0 Å². The van der Waals surface area contributed by atoms with E-state index in [4.69, 9.17) is 0 Å². The van der Waals surface area contributed by atoms with E-state index in [2.05, 4.69) is 9.82 Å². The van der Waals surface area contributed by atoms with Gasteiger partial charge in [0.15, 0.2) is 5.34 Å². The predicted molar refractivity (Wildman–Crippen MR) is 35.4 cm³/mol. The van der Waals surface area contributed by atoms with Gasteiger partial charge in [-0.15, -0.1) is 4.91 Å². The number of carbonyl (C=O) groups is 1. The minimum absolute atomic E-state index is 0.109. The Kier molecular flexibility index (Phi) is 2.42. The molecule has 0 saturated heterocycles. The number of carbonyl (C=O) groups excluding carboxylic acids is 1. The zero-order valence-electron chi connectivity index (χ0n) is 5.73. The van der Waals surface area contributed by atoms with Crippen LogP contribution >= 0.6 is 0 Å². The molecule has 0 radical (unpaired) electrons. The average molecular weight is 170 g/mol. The summed E-state index contributed by atoms with van der Waals surface area (Å²) in [5, 5.41) is 1.90. The van der Waals surface area contributed by atoms with Crippen molar-refractivity contribution in [2.24, 2.45) is 5.34 Å². The van der Waals surface area contributed by atoms with E-state index in [1.807, 2.05) is 5.34 Å². The van der Waals surface area contributed by atoms with Gasteiger partial charge in [0.25, 0.3) is 0 Å². The van der Waals surface area contributed by atoms with Gasteiger partial charge in [0.05, 0.1) is 5.56 Å². The Hall–Kier alpha value is -1.85. The fraction of sp³-hybridized carbons (Fsp3) is 0. The predicted octanol–water partition coefficient (Wildman–Crippen LogP) is 1.06. The van der Waals surface area contributed by atoms with Crippen molar-refractivity contribution in [2.75, 3.05) is 0 Å². The van der Waals surface area contributed by atoms with Crippen molar-refractivity contribution >= 4 is 5.97 Å². The fourth-order valence-electron chi connectivity index (χ4n) is 0.616. The molecule has 0 bridgehead atoms. The minimum Gasteiger partial charge on any atom is -0.279 e. The van der Waals surface area contributed by atoms with Gasteiger partial charge >= 0.3 is 5.97 Å². The van der Waals surface area contributed by atoms with Gasteiger partial charge in [-0.05, 0) is 6.07 Å². The molecule has 0 atom stereocenters. The van der Waals surface area contributed by atoms with Gasteiger partial charge < -0.3 is 0 Å². The van der Waals surface area contributed by atoms with E-state index in [9.17, 15) is 14.1 Å². The zero-order valence-corrected chi connectivity index (χ0v) is 5.73. The number of hydrogen-bond acceptors (Lipinski definition) is 5. The molecule has 0 aliphatic carbocycles. The summed E-state index contributed by atoms with van der Waals surface area (Å²) < 4.78 is 12.3. The van der Waals surface area contributed by atoms with Crippen LogP contribution < -0.4 is 0 Å². The maximum absolute atomic E-state index is 12.3. The van der Waals surface area contributed by atoms with E-state index in [0.717, 1.165) is 12.3 Å². The molecule has 12 heavy (non-hydrogen) atoms. The van der Waals surface area contributed by atoms with Crippen LogP contribution in [0.25, 0.3) is 0 Å². The highest BCUT2D eigenvalue weighted by Gasteiger charge is 2.08. The van der Waals surface area contributed by atoms with Crippen LogP contribution in [-0.2, 0) is 4.84 Å². The molecule has 62 valence electrons. The molecule has 1 heterocycles. The molecule has 1 aromatic rings. The Morgan fingerprint density at radius 3 is 3.00 bits per heavy atom. The molecule has 5 nitrogen and oxygen atoms in total. The van der Waals surface area contributed by atoms with Crippen molar-refractivity contribution in [1.29, 1.82) is 0 Å². The third kappa shape index (κ3) is 1.82. The van der Waals surface area contributed by atoms with Crippen molar-refractivity contribution < 1.29 is 14.0 Å². The second-order valence-electron chi connectivity index (χ2n) is 1.82. The lowest BCUT2D eigenvalue weighted by molar-refractivity contribution is 0.0507. The van der Waals surface area contributed by atoms with Gasteiger partial charge in [-0.3, -0.25) is 4.84 Å². The number of halogens is 1. The van der Waals surface area contributed by atoms with Crippen LogP contribution in [0.3, 0.4) is 0 Å². The smallest absolute Gasteiger partial charge is 0.279 e. The summed E-state index contributed by atoms with van der Waals surface area (Å²) in [6.45, 7) is 0. The molecular formula is C6H3FN2O3. The van der Waals surface area contributed by atoms with E-state index in [1.54, 1.807) is 0 Å². The molecule has 1 aromatic heterocycles. The first-order valence-corrected chi connectivity index (χ1v) is 2.89. The quantitative estimate of drug-likeness (QED) is 0.378. The first-order valence-electron chi connectivity index (χ1n) is 2.89. The summed E-state index contributed by atoms with van der Waals surface area (Å²) in [6, 6.07) is 2.05. The van der Waals surface area contributed by atoms with Gasteiger partial charge in [-0.2, -0.15) is 4.39 Å². The molecular weight excluding hydrogens is 167 g/mol. The number of pyridine rings is 1. The van der Waals surface area contributed by atoms with Gasteiger partial charge in [0.2, 0.25) is 5.95 Å². The van der Waals surface area contributed by atoms with Crippen LogP contribution in [0.15, 0.2) is 23.7 Å². The summed E-state index contributed by atoms with van der Waals surface area (Å²) >= 11 is 0. The first-order chi connectivity index (χ1) is 5.74. The van der Waals surface area contributed by atoms with Gasteiger partial charge in [0.1, 0.15) is 0 Å². The Balaban J connectivity index is 2.87.